The first-order valence-electron chi connectivity index (χ1n) is 10.3. The molecule has 7 nitrogen and oxygen atoms in total. The van der Waals surface area contributed by atoms with Crippen molar-refractivity contribution in [1.29, 1.82) is 0 Å². The van der Waals surface area contributed by atoms with Gasteiger partial charge in [-0.1, -0.05) is 5.16 Å². The van der Waals surface area contributed by atoms with Gasteiger partial charge in [0.2, 0.25) is 11.8 Å². The molecule has 11 heteroatoms. The van der Waals surface area contributed by atoms with Crippen molar-refractivity contribution in [3.8, 4) is 0 Å². The van der Waals surface area contributed by atoms with Crippen molar-refractivity contribution in [3.05, 3.63) is 35.6 Å². The van der Waals surface area contributed by atoms with Crippen molar-refractivity contribution in [3.63, 3.8) is 0 Å². The summed E-state index contributed by atoms with van der Waals surface area (Å²) in [5.41, 5.74) is -0.123. The molecule has 2 heterocycles. The number of halogens is 3. The molecule has 0 saturated carbocycles. The maximum absolute atomic E-state index is 13.2. The fourth-order valence-electron chi connectivity index (χ4n) is 3.34. The molecule has 1 saturated heterocycles. The van der Waals surface area contributed by atoms with Gasteiger partial charge in [-0.2, -0.15) is 13.2 Å². The summed E-state index contributed by atoms with van der Waals surface area (Å²) >= 11 is 1.07. The molecule has 0 radical (unpaired) electrons. The van der Waals surface area contributed by atoms with Crippen LogP contribution >= 0.6 is 11.8 Å². The van der Waals surface area contributed by atoms with Gasteiger partial charge in [0, 0.05) is 19.2 Å². The van der Waals surface area contributed by atoms with Gasteiger partial charge in [0.1, 0.15) is 5.76 Å². The summed E-state index contributed by atoms with van der Waals surface area (Å²) in [6.07, 6.45) is -1.55. The summed E-state index contributed by atoms with van der Waals surface area (Å²) in [5.74, 6) is -0.110. The first kappa shape index (κ1) is 24.0. The van der Waals surface area contributed by atoms with Gasteiger partial charge in [-0.05, 0) is 51.3 Å². The number of aromatic nitrogens is 1. The van der Waals surface area contributed by atoms with Gasteiger partial charge in [-0.15, -0.1) is 11.8 Å². The Morgan fingerprint density at radius 3 is 2.53 bits per heavy atom. The first-order valence-corrected chi connectivity index (χ1v) is 11.3. The number of carbonyl (C=O) groups excluding carboxylic acids is 2. The van der Waals surface area contributed by atoms with E-state index in [2.05, 4.69) is 15.8 Å². The number of thioether (sulfide) groups is 1. The Balaban J connectivity index is 1.64. The van der Waals surface area contributed by atoms with E-state index in [0.29, 0.717) is 11.4 Å². The van der Waals surface area contributed by atoms with Crippen molar-refractivity contribution in [2.75, 3.05) is 34.4 Å². The van der Waals surface area contributed by atoms with Crippen molar-refractivity contribution in [2.45, 2.75) is 44.5 Å². The van der Waals surface area contributed by atoms with Crippen molar-refractivity contribution >= 4 is 40.8 Å². The van der Waals surface area contributed by atoms with Crippen molar-refractivity contribution in [2.24, 2.45) is 0 Å². The number of hydrogen-bond acceptors (Lipinski definition) is 6. The molecule has 2 aromatic rings. The molecule has 1 aromatic carbocycles. The van der Waals surface area contributed by atoms with Crippen LogP contribution in [0.15, 0.2) is 28.8 Å². The maximum Gasteiger partial charge on any atom is 0.416 e. The number of nitrogens with one attached hydrogen (secondary N) is 2. The first-order chi connectivity index (χ1) is 15.1. The van der Waals surface area contributed by atoms with Crippen LogP contribution in [0, 0.1) is 6.92 Å². The number of alkyl halides is 3. The lowest BCUT2D eigenvalue weighted by Crippen LogP contribution is -2.31. The van der Waals surface area contributed by atoms with Crippen LogP contribution in [0.5, 0.6) is 0 Å². The number of aryl methyl sites for hydroxylation is 1. The van der Waals surface area contributed by atoms with Gasteiger partial charge in [0.05, 0.1) is 27.9 Å². The van der Waals surface area contributed by atoms with Crippen LogP contribution in [0.3, 0.4) is 0 Å². The third kappa shape index (κ3) is 6.41. The van der Waals surface area contributed by atoms with E-state index in [1.54, 1.807) is 19.9 Å². The topological polar surface area (TPSA) is 87.5 Å². The van der Waals surface area contributed by atoms with E-state index in [-0.39, 0.29) is 23.2 Å². The Morgan fingerprint density at radius 2 is 1.91 bits per heavy atom. The SMILES string of the molecule is Cc1cc(NC(=O)[C@@H](C)SCC(=O)Nc2cc(C(F)(F)F)ccc2N2CCCCC2)no1. The highest BCUT2D eigenvalue weighted by Gasteiger charge is 2.32. The molecule has 0 spiro atoms. The normalized spacial score (nSPS) is 15.3. The molecule has 1 aliphatic heterocycles. The molecule has 1 aliphatic rings. The van der Waals surface area contributed by atoms with Crippen molar-refractivity contribution < 1.29 is 27.3 Å². The van der Waals surface area contributed by atoms with E-state index in [4.69, 9.17) is 4.52 Å². The molecule has 1 aromatic heterocycles. The Bertz CT molecular complexity index is 958. The molecule has 1 fully saturated rings. The van der Waals surface area contributed by atoms with E-state index in [1.165, 1.54) is 6.07 Å². The third-order valence-electron chi connectivity index (χ3n) is 5.01. The van der Waals surface area contributed by atoms with Gasteiger partial charge in [0.15, 0.2) is 5.82 Å². The zero-order valence-electron chi connectivity index (χ0n) is 17.8. The molecular weight excluding hydrogens is 445 g/mol. The van der Waals surface area contributed by atoms with E-state index in [0.717, 1.165) is 56.2 Å². The van der Waals surface area contributed by atoms with Crippen LogP contribution in [-0.4, -0.2) is 41.1 Å². The highest BCUT2D eigenvalue weighted by atomic mass is 32.2. The summed E-state index contributed by atoms with van der Waals surface area (Å²) in [5, 5.41) is 8.29. The molecule has 0 bridgehead atoms. The Kier molecular flexibility index (Phi) is 7.70. The second kappa shape index (κ2) is 10.3. The summed E-state index contributed by atoms with van der Waals surface area (Å²) in [4.78, 5) is 26.7. The Morgan fingerprint density at radius 1 is 1.19 bits per heavy atom. The van der Waals surface area contributed by atoms with Crippen LogP contribution in [-0.2, 0) is 15.8 Å². The number of nitrogens with zero attached hydrogens (tertiary/aromatic N) is 2. The van der Waals surface area contributed by atoms with Gasteiger partial charge >= 0.3 is 6.18 Å². The average molecular weight is 471 g/mol. The predicted octanol–water partition coefficient (Wildman–Crippen LogP) is 4.69. The molecule has 3 rings (SSSR count). The minimum Gasteiger partial charge on any atom is -0.370 e. The number of carbonyl (C=O) groups is 2. The molecule has 0 aliphatic carbocycles. The van der Waals surface area contributed by atoms with Crippen LogP contribution in [0.4, 0.5) is 30.4 Å². The van der Waals surface area contributed by atoms with Crippen LogP contribution in [0.1, 0.15) is 37.5 Å². The number of amides is 2. The standard InChI is InChI=1S/C21H25F3N4O3S/c1-13-10-18(27-31-13)26-20(30)14(2)32-12-19(29)25-16-11-15(21(22,23)24)6-7-17(16)28-8-4-3-5-9-28/h6-7,10-11,14H,3-5,8-9,12H2,1-2H3,(H,25,29)(H,26,27,30)/t14-/m1/s1. The molecule has 1 atom stereocenters. The fraction of sp³-hybridized carbons (Fsp3) is 0.476. The Hall–Kier alpha value is -2.69. The number of hydrogen-bond donors (Lipinski definition) is 2. The molecule has 174 valence electrons. The molecule has 32 heavy (non-hydrogen) atoms. The summed E-state index contributed by atoms with van der Waals surface area (Å²) in [6.45, 7) is 4.77. The molecular formula is C21H25F3N4O3S. The smallest absolute Gasteiger partial charge is 0.370 e. The molecule has 2 N–H and O–H groups in total. The quantitative estimate of drug-likeness (QED) is 0.611. The lowest BCUT2D eigenvalue weighted by atomic mass is 10.1. The van der Waals surface area contributed by atoms with Gasteiger partial charge in [-0.25, -0.2) is 0 Å². The highest BCUT2D eigenvalue weighted by molar-refractivity contribution is 8.01. The number of piperidine rings is 1. The summed E-state index contributed by atoms with van der Waals surface area (Å²) in [7, 11) is 0. The molecule has 0 unspecified atom stereocenters. The minimum atomic E-state index is -4.51. The zero-order chi connectivity index (χ0) is 23.3. The summed E-state index contributed by atoms with van der Waals surface area (Å²) < 4.78 is 44.5. The van der Waals surface area contributed by atoms with E-state index >= 15 is 0 Å². The van der Waals surface area contributed by atoms with Gasteiger partial charge < -0.3 is 20.1 Å². The van der Waals surface area contributed by atoms with Crippen LogP contribution in [0.25, 0.3) is 0 Å². The lowest BCUT2D eigenvalue weighted by molar-refractivity contribution is -0.137. The third-order valence-corrected chi connectivity index (χ3v) is 6.15. The van der Waals surface area contributed by atoms with Gasteiger partial charge in [0.25, 0.3) is 0 Å². The second-order valence-corrected chi connectivity index (χ2v) is 8.92. The highest BCUT2D eigenvalue weighted by Crippen LogP contribution is 2.36. The number of anilines is 3. The number of benzene rings is 1. The number of rotatable bonds is 7. The monoisotopic (exact) mass is 470 g/mol. The zero-order valence-corrected chi connectivity index (χ0v) is 18.6. The van der Waals surface area contributed by atoms with Crippen molar-refractivity contribution in [1.82, 2.24) is 5.16 Å². The van der Waals surface area contributed by atoms with E-state index < -0.39 is 22.9 Å². The fourth-order valence-corrected chi connectivity index (χ4v) is 4.02. The maximum atomic E-state index is 13.2. The van der Waals surface area contributed by atoms with Crippen LogP contribution in [0.2, 0.25) is 0 Å². The van der Waals surface area contributed by atoms with Gasteiger partial charge in [-0.3, -0.25) is 9.59 Å². The van der Waals surface area contributed by atoms with E-state index in [1.807, 2.05) is 4.90 Å². The summed E-state index contributed by atoms with van der Waals surface area (Å²) in [6, 6.07) is 4.98. The largest absolute Gasteiger partial charge is 0.416 e. The lowest BCUT2D eigenvalue weighted by Gasteiger charge is -2.31. The Labute approximate surface area is 188 Å². The predicted molar refractivity (Wildman–Crippen MR) is 118 cm³/mol. The van der Waals surface area contributed by atoms with E-state index in [9.17, 15) is 22.8 Å². The minimum absolute atomic E-state index is 0.0951. The average Bonchev–Trinajstić information content (AvgIpc) is 3.16. The van der Waals surface area contributed by atoms with Crippen LogP contribution < -0.4 is 15.5 Å². The molecule has 2 amide bonds. The second-order valence-electron chi connectivity index (χ2n) is 7.59.